The normalized spacial score (nSPS) is 12.8. The smallest absolute Gasteiger partial charge is 0.302 e. The number of ether oxygens (including phenoxy) is 2. The van der Waals surface area contributed by atoms with Crippen LogP contribution in [0.1, 0.15) is 36.8 Å². The summed E-state index contributed by atoms with van der Waals surface area (Å²) in [5, 5.41) is 0. The minimum absolute atomic E-state index is 0.108. The number of thiophene rings is 1. The van der Waals surface area contributed by atoms with Gasteiger partial charge in [0.05, 0.1) is 12.7 Å². The molecule has 0 aliphatic rings. The number of hydrogen-bond donors (Lipinski definition) is 1. The molecule has 0 saturated carbocycles. The third-order valence-electron chi connectivity index (χ3n) is 2.04. The molecule has 0 spiro atoms. The molecule has 5 heteroatoms. The first-order valence-corrected chi connectivity index (χ1v) is 6.43. The van der Waals surface area contributed by atoms with Crippen LogP contribution in [0.5, 0.6) is 0 Å². The minimum atomic E-state index is -0.373. The summed E-state index contributed by atoms with van der Waals surface area (Å²) in [4.78, 5) is 12.7. The first-order valence-electron chi connectivity index (χ1n) is 5.62. The SMILES string of the molecule is CC(=O)OCCc1ccc(C(N)OC(C)C)s1. The van der Waals surface area contributed by atoms with Gasteiger partial charge in [0.2, 0.25) is 0 Å². The molecule has 96 valence electrons. The van der Waals surface area contributed by atoms with E-state index >= 15 is 0 Å². The molecule has 1 rings (SSSR count). The van der Waals surface area contributed by atoms with Crippen LogP contribution in [0.2, 0.25) is 0 Å². The maximum absolute atomic E-state index is 10.6. The Balaban J connectivity index is 2.44. The van der Waals surface area contributed by atoms with E-state index in [1.54, 1.807) is 11.3 Å². The van der Waals surface area contributed by atoms with E-state index in [9.17, 15) is 4.79 Å². The number of esters is 1. The van der Waals surface area contributed by atoms with Gasteiger partial charge < -0.3 is 15.2 Å². The average molecular weight is 257 g/mol. The van der Waals surface area contributed by atoms with Gasteiger partial charge in [0.15, 0.2) is 0 Å². The van der Waals surface area contributed by atoms with Crippen LogP contribution in [-0.2, 0) is 20.7 Å². The molecule has 0 aliphatic carbocycles. The summed E-state index contributed by atoms with van der Waals surface area (Å²) >= 11 is 1.59. The molecule has 0 amide bonds. The van der Waals surface area contributed by atoms with E-state index in [1.807, 2.05) is 26.0 Å². The number of carbonyl (C=O) groups is 1. The van der Waals surface area contributed by atoms with Crippen LogP contribution in [0, 0.1) is 0 Å². The topological polar surface area (TPSA) is 61.5 Å². The van der Waals surface area contributed by atoms with Gasteiger partial charge in [-0.15, -0.1) is 11.3 Å². The summed E-state index contributed by atoms with van der Waals surface area (Å²) in [6, 6.07) is 3.95. The molecule has 0 radical (unpaired) electrons. The molecule has 0 aliphatic heterocycles. The van der Waals surface area contributed by atoms with Gasteiger partial charge in [-0.1, -0.05) is 0 Å². The number of rotatable bonds is 6. The lowest BCUT2D eigenvalue weighted by Crippen LogP contribution is -2.17. The summed E-state index contributed by atoms with van der Waals surface area (Å²) in [5.41, 5.74) is 5.89. The van der Waals surface area contributed by atoms with E-state index in [-0.39, 0.29) is 18.3 Å². The first-order chi connectivity index (χ1) is 7.99. The van der Waals surface area contributed by atoms with Crippen molar-refractivity contribution in [1.29, 1.82) is 0 Å². The molecule has 0 saturated heterocycles. The van der Waals surface area contributed by atoms with Gasteiger partial charge in [-0.2, -0.15) is 0 Å². The Labute approximate surface area is 106 Å². The third kappa shape index (κ3) is 5.30. The monoisotopic (exact) mass is 257 g/mol. The third-order valence-corrected chi connectivity index (χ3v) is 3.24. The molecular formula is C12H19NO3S. The van der Waals surface area contributed by atoms with Crippen LogP contribution in [0.15, 0.2) is 12.1 Å². The lowest BCUT2D eigenvalue weighted by atomic mass is 10.3. The van der Waals surface area contributed by atoms with Crippen molar-refractivity contribution in [3.63, 3.8) is 0 Å². The maximum atomic E-state index is 10.6. The molecule has 2 N–H and O–H groups in total. The van der Waals surface area contributed by atoms with Crippen LogP contribution in [0.3, 0.4) is 0 Å². The fourth-order valence-corrected chi connectivity index (χ4v) is 2.27. The predicted molar refractivity (Wildman–Crippen MR) is 67.8 cm³/mol. The summed E-state index contributed by atoms with van der Waals surface area (Å²) in [6.07, 6.45) is 0.456. The van der Waals surface area contributed by atoms with Crippen molar-refractivity contribution < 1.29 is 14.3 Å². The second-order valence-electron chi connectivity index (χ2n) is 4.00. The number of hydrogen-bond acceptors (Lipinski definition) is 5. The van der Waals surface area contributed by atoms with E-state index in [0.717, 1.165) is 16.2 Å². The van der Waals surface area contributed by atoms with E-state index in [2.05, 4.69) is 0 Å². The molecule has 4 nitrogen and oxygen atoms in total. The van der Waals surface area contributed by atoms with E-state index in [0.29, 0.717) is 6.61 Å². The van der Waals surface area contributed by atoms with Crippen molar-refractivity contribution in [3.8, 4) is 0 Å². The Bertz CT molecular complexity index is 362. The summed E-state index contributed by atoms with van der Waals surface area (Å²) in [5.74, 6) is -0.248. The number of nitrogens with two attached hydrogens (primary N) is 1. The van der Waals surface area contributed by atoms with Crippen LogP contribution in [0.4, 0.5) is 0 Å². The van der Waals surface area contributed by atoms with Gasteiger partial charge in [-0.05, 0) is 26.0 Å². The van der Waals surface area contributed by atoms with Crippen molar-refractivity contribution in [2.45, 2.75) is 39.5 Å². The largest absolute Gasteiger partial charge is 0.465 e. The molecule has 17 heavy (non-hydrogen) atoms. The second-order valence-corrected chi connectivity index (χ2v) is 5.20. The molecular weight excluding hydrogens is 238 g/mol. The first kappa shape index (κ1) is 14.2. The summed E-state index contributed by atoms with van der Waals surface area (Å²) < 4.78 is 10.4. The quantitative estimate of drug-likeness (QED) is 0.627. The highest BCUT2D eigenvalue weighted by molar-refractivity contribution is 7.12. The lowest BCUT2D eigenvalue weighted by Gasteiger charge is -2.13. The van der Waals surface area contributed by atoms with E-state index < -0.39 is 0 Å². The van der Waals surface area contributed by atoms with E-state index in [1.165, 1.54) is 6.92 Å². The highest BCUT2D eigenvalue weighted by atomic mass is 32.1. The molecule has 1 unspecified atom stereocenters. The predicted octanol–water partition coefficient (Wildman–Crippen LogP) is 2.24. The molecule has 1 aromatic heterocycles. The Morgan fingerprint density at radius 3 is 2.76 bits per heavy atom. The molecule has 1 atom stereocenters. The van der Waals surface area contributed by atoms with Crippen molar-refractivity contribution in [1.82, 2.24) is 0 Å². The lowest BCUT2D eigenvalue weighted by molar-refractivity contribution is -0.140. The van der Waals surface area contributed by atoms with Crippen molar-refractivity contribution >= 4 is 17.3 Å². The second kappa shape index (κ2) is 6.74. The van der Waals surface area contributed by atoms with Gasteiger partial charge in [-0.3, -0.25) is 4.79 Å². The van der Waals surface area contributed by atoms with Crippen LogP contribution >= 0.6 is 11.3 Å². The standard InChI is InChI=1S/C12H19NO3S/c1-8(2)16-12(13)11-5-4-10(17-11)6-7-15-9(3)14/h4-5,8,12H,6-7,13H2,1-3H3. The highest BCUT2D eigenvalue weighted by Crippen LogP contribution is 2.23. The average Bonchev–Trinajstić information content (AvgIpc) is 2.64. The van der Waals surface area contributed by atoms with Crippen LogP contribution < -0.4 is 5.73 Å². The highest BCUT2D eigenvalue weighted by Gasteiger charge is 2.11. The van der Waals surface area contributed by atoms with Crippen molar-refractivity contribution in [2.24, 2.45) is 5.73 Å². The molecule has 0 fully saturated rings. The minimum Gasteiger partial charge on any atom is -0.465 e. The fourth-order valence-electron chi connectivity index (χ4n) is 1.34. The van der Waals surface area contributed by atoms with Crippen LogP contribution in [-0.4, -0.2) is 18.7 Å². The van der Waals surface area contributed by atoms with Gasteiger partial charge in [-0.25, -0.2) is 0 Å². The van der Waals surface area contributed by atoms with Gasteiger partial charge in [0, 0.05) is 23.1 Å². The Hall–Kier alpha value is -0.910. The van der Waals surface area contributed by atoms with Crippen LogP contribution in [0.25, 0.3) is 0 Å². The van der Waals surface area contributed by atoms with E-state index in [4.69, 9.17) is 15.2 Å². The number of carbonyl (C=O) groups excluding carboxylic acids is 1. The Morgan fingerprint density at radius 1 is 1.47 bits per heavy atom. The summed E-state index contributed by atoms with van der Waals surface area (Å²) in [7, 11) is 0. The Morgan fingerprint density at radius 2 is 2.18 bits per heavy atom. The molecule has 0 bridgehead atoms. The molecule has 0 aromatic carbocycles. The van der Waals surface area contributed by atoms with Crippen molar-refractivity contribution in [2.75, 3.05) is 6.61 Å². The zero-order valence-corrected chi connectivity index (χ0v) is 11.3. The fraction of sp³-hybridized carbons (Fsp3) is 0.583. The maximum Gasteiger partial charge on any atom is 0.302 e. The van der Waals surface area contributed by atoms with Gasteiger partial charge in [0.1, 0.15) is 6.23 Å². The zero-order chi connectivity index (χ0) is 12.8. The van der Waals surface area contributed by atoms with Crippen molar-refractivity contribution in [3.05, 3.63) is 21.9 Å². The Kier molecular flexibility index (Phi) is 5.61. The molecule has 1 aromatic rings. The summed E-state index contributed by atoms with van der Waals surface area (Å²) in [6.45, 7) is 5.73. The zero-order valence-electron chi connectivity index (χ0n) is 10.4. The van der Waals surface area contributed by atoms with Gasteiger partial charge >= 0.3 is 5.97 Å². The molecule has 1 heterocycles. The van der Waals surface area contributed by atoms with Gasteiger partial charge in [0.25, 0.3) is 0 Å².